The lowest BCUT2D eigenvalue weighted by atomic mass is 10.3. The zero-order chi connectivity index (χ0) is 11.2. The Balaban J connectivity index is 2.83. The van der Waals surface area contributed by atoms with Gasteiger partial charge in [0.05, 0.1) is 11.1 Å². The molecule has 15 heavy (non-hydrogen) atoms. The summed E-state index contributed by atoms with van der Waals surface area (Å²) in [4.78, 5) is 7.03. The Morgan fingerprint density at radius 3 is 2.80 bits per heavy atom. The van der Waals surface area contributed by atoms with Crippen molar-refractivity contribution in [1.29, 1.82) is 0 Å². The molecule has 0 aromatic carbocycles. The molecule has 0 saturated carbocycles. The molecule has 0 radical (unpaired) electrons. The maximum Gasteiger partial charge on any atom is 0.201 e. The van der Waals surface area contributed by atoms with Gasteiger partial charge >= 0.3 is 0 Å². The van der Waals surface area contributed by atoms with E-state index < -0.39 is 0 Å². The second-order valence-corrected chi connectivity index (χ2v) is 4.22. The van der Waals surface area contributed by atoms with Gasteiger partial charge in [-0.1, -0.05) is 0 Å². The van der Waals surface area contributed by atoms with Crippen LogP contribution in [-0.4, -0.2) is 14.5 Å². The molecule has 2 aromatic rings. The first kappa shape index (κ1) is 10.3. The van der Waals surface area contributed by atoms with E-state index in [1.807, 2.05) is 13.8 Å². The monoisotopic (exact) mass is 225 g/mol. The number of hydrogen-bond donors (Lipinski definition) is 1. The SMILES string of the molecule is Cc1[nH]c2nc(=S)n(C(C)C)cc2c1F. The number of aromatic nitrogens is 3. The van der Waals surface area contributed by atoms with Crippen molar-refractivity contribution >= 4 is 23.3 Å². The Hall–Kier alpha value is -1.23. The van der Waals surface area contributed by atoms with Crippen molar-refractivity contribution in [2.75, 3.05) is 0 Å². The van der Waals surface area contributed by atoms with Gasteiger partial charge in [0.15, 0.2) is 5.82 Å². The van der Waals surface area contributed by atoms with Gasteiger partial charge in [-0.2, -0.15) is 0 Å². The molecule has 5 heteroatoms. The van der Waals surface area contributed by atoms with Crippen LogP contribution in [0.2, 0.25) is 0 Å². The molecule has 0 saturated heterocycles. The zero-order valence-corrected chi connectivity index (χ0v) is 9.65. The maximum absolute atomic E-state index is 13.6. The number of aromatic amines is 1. The molecule has 0 unspecified atom stereocenters. The van der Waals surface area contributed by atoms with Gasteiger partial charge in [0.25, 0.3) is 0 Å². The number of nitrogens with one attached hydrogen (secondary N) is 1. The number of halogens is 1. The molecule has 80 valence electrons. The van der Waals surface area contributed by atoms with E-state index in [0.717, 1.165) is 0 Å². The summed E-state index contributed by atoms with van der Waals surface area (Å²) in [5.41, 5.74) is 1.01. The lowest BCUT2D eigenvalue weighted by Crippen LogP contribution is -2.04. The van der Waals surface area contributed by atoms with E-state index in [0.29, 0.717) is 21.5 Å². The van der Waals surface area contributed by atoms with Crippen molar-refractivity contribution in [2.45, 2.75) is 26.8 Å². The Morgan fingerprint density at radius 2 is 2.20 bits per heavy atom. The predicted molar refractivity (Wildman–Crippen MR) is 60.0 cm³/mol. The molecule has 0 spiro atoms. The van der Waals surface area contributed by atoms with Crippen LogP contribution in [0.3, 0.4) is 0 Å². The molecule has 3 nitrogen and oxygen atoms in total. The van der Waals surface area contributed by atoms with E-state index in [4.69, 9.17) is 12.2 Å². The Kier molecular flexibility index (Phi) is 2.34. The quantitative estimate of drug-likeness (QED) is 0.756. The minimum absolute atomic E-state index is 0.184. The summed E-state index contributed by atoms with van der Waals surface area (Å²) in [7, 11) is 0. The number of nitrogens with zero attached hydrogens (tertiary/aromatic N) is 2. The van der Waals surface area contributed by atoms with Crippen molar-refractivity contribution in [2.24, 2.45) is 0 Å². The minimum Gasteiger partial charge on any atom is -0.341 e. The molecule has 0 bridgehead atoms. The molecular weight excluding hydrogens is 213 g/mol. The van der Waals surface area contributed by atoms with Gasteiger partial charge in [-0.25, -0.2) is 9.37 Å². The number of aryl methyl sites for hydroxylation is 1. The van der Waals surface area contributed by atoms with E-state index in [-0.39, 0.29) is 11.9 Å². The standard InChI is InChI=1S/C10H12FN3S/c1-5(2)14-4-7-8(11)6(3)12-9(7)13-10(14)15/h4-5H,1-3H3,(H,12,13,15). The summed E-state index contributed by atoms with van der Waals surface area (Å²) < 4.78 is 15.9. The third-order valence-electron chi connectivity index (χ3n) is 2.38. The molecular formula is C10H12FN3S. The molecule has 0 amide bonds. The topological polar surface area (TPSA) is 33.6 Å². The summed E-state index contributed by atoms with van der Waals surface area (Å²) in [6, 6.07) is 0.184. The fourth-order valence-electron chi connectivity index (χ4n) is 1.53. The fourth-order valence-corrected chi connectivity index (χ4v) is 1.88. The highest BCUT2D eigenvalue weighted by atomic mass is 32.1. The van der Waals surface area contributed by atoms with Crippen LogP contribution in [0.25, 0.3) is 11.0 Å². The first-order chi connectivity index (χ1) is 7.00. The van der Waals surface area contributed by atoms with Crippen LogP contribution in [0.5, 0.6) is 0 Å². The Labute approximate surface area is 92.0 Å². The zero-order valence-electron chi connectivity index (χ0n) is 8.84. The molecule has 2 heterocycles. The van der Waals surface area contributed by atoms with Gasteiger partial charge in [0.1, 0.15) is 5.65 Å². The summed E-state index contributed by atoms with van der Waals surface area (Å²) in [5, 5.41) is 0.495. The Bertz CT molecular complexity index is 568. The van der Waals surface area contributed by atoms with Crippen LogP contribution in [0, 0.1) is 17.5 Å². The number of fused-ring (bicyclic) bond motifs is 1. The van der Waals surface area contributed by atoms with E-state index in [9.17, 15) is 4.39 Å². The molecule has 0 fully saturated rings. The number of rotatable bonds is 1. The van der Waals surface area contributed by atoms with Gasteiger partial charge < -0.3 is 9.55 Å². The van der Waals surface area contributed by atoms with Crippen LogP contribution in [0.15, 0.2) is 6.20 Å². The molecule has 2 aromatic heterocycles. The maximum atomic E-state index is 13.6. The van der Waals surface area contributed by atoms with Gasteiger partial charge in [-0.05, 0) is 33.0 Å². The van der Waals surface area contributed by atoms with Gasteiger partial charge in [-0.15, -0.1) is 0 Å². The van der Waals surface area contributed by atoms with Crippen molar-refractivity contribution < 1.29 is 4.39 Å². The average molecular weight is 225 g/mol. The van der Waals surface area contributed by atoms with Gasteiger partial charge in [0, 0.05) is 12.2 Å². The smallest absolute Gasteiger partial charge is 0.201 e. The lowest BCUT2D eigenvalue weighted by Gasteiger charge is -2.09. The molecule has 0 aliphatic carbocycles. The number of hydrogen-bond acceptors (Lipinski definition) is 2. The minimum atomic E-state index is -0.248. The van der Waals surface area contributed by atoms with Crippen molar-refractivity contribution in [3.8, 4) is 0 Å². The molecule has 0 aliphatic heterocycles. The van der Waals surface area contributed by atoms with Crippen LogP contribution in [0.1, 0.15) is 25.6 Å². The summed E-state index contributed by atoms with van der Waals surface area (Å²) in [6.07, 6.45) is 1.72. The molecule has 0 atom stereocenters. The third kappa shape index (κ3) is 1.56. The molecule has 0 aliphatic rings. The molecule has 1 N–H and O–H groups in total. The third-order valence-corrected chi connectivity index (χ3v) is 2.68. The predicted octanol–water partition coefficient (Wildman–Crippen LogP) is 3.12. The van der Waals surface area contributed by atoms with E-state index in [1.54, 1.807) is 17.7 Å². The summed E-state index contributed by atoms with van der Waals surface area (Å²) in [6.45, 7) is 5.65. The van der Waals surface area contributed by atoms with E-state index in [1.165, 1.54) is 0 Å². The number of H-pyrrole nitrogens is 1. The first-order valence-electron chi connectivity index (χ1n) is 4.77. The van der Waals surface area contributed by atoms with Crippen molar-refractivity contribution in [1.82, 2.24) is 14.5 Å². The highest BCUT2D eigenvalue weighted by molar-refractivity contribution is 7.71. The highest BCUT2D eigenvalue weighted by Gasteiger charge is 2.11. The van der Waals surface area contributed by atoms with Crippen LogP contribution in [0.4, 0.5) is 4.39 Å². The largest absolute Gasteiger partial charge is 0.341 e. The first-order valence-corrected chi connectivity index (χ1v) is 5.18. The summed E-state index contributed by atoms with van der Waals surface area (Å²) in [5.74, 6) is -0.248. The van der Waals surface area contributed by atoms with Gasteiger partial charge in [-0.3, -0.25) is 0 Å². The second kappa shape index (κ2) is 3.41. The normalized spacial score (nSPS) is 11.5. The van der Waals surface area contributed by atoms with E-state index in [2.05, 4.69) is 9.97 Å². The van der Waals surface area contributed by atoms with Crippen LogP contribution in [-0.2, 0) is 0 Å². The summed E-state index contributed by atoms with van der Waals surface area (Å²) >= 11 is 5.12. The average Bonchev–Trinajstić information content (AvgIpc) is 2.41. The van der Waals surface area contributed by atoms with Crippen molar-refractivity contribution in [3.05, 3.63) is 22.5 Å². The fraction of sp³-hybridized carbons (Fsp3) is 0.400. The van der Waals surface area contributed by atoms with Crippen LogP contribution < -0.4 is 0 Å². The van der Waals surface area contributed by atoms with Crippen LogP contribution >= 0.6 is 12.2 Å². The lowest BCUT2D eigenvalue weighted by molar-refractivity contribution is 0.578. The second-order valence-electron chi connectivity index (χ2n) is 3.85. The molecule has 2 rings (SSSR count). The Morgan fingerprint density at radius 1 is 1.53 bits per heavy atom. The van der Waals surface area contributed by atoms with Gasteiger partial charge in [0.2, 0.25) is 4.77 Å². The highest BCUT2D eigenvalue weighted by Crippen LogP contribution is 2.19. The van der Waals surface area contributed by atoms with E-state index >= 15 is 0 Å². The van der Waals surface area contributed by atoms with Crippen molar-refractivity contribution in [3.63, 3.8) is 0 Å².